The van der Waals surface area contributed by atoms with Crippen molar-refractivity contribution in [1.29, 1.82) is 0 Å². The molecule has 1 aliphatic rings. The molecule has 150 valence electrons. The van der Waals surface area contributed by atoms with Crippen molar-refractivity contribution in [3.8, 4) is 0 Å². The number of halogens is 1. The van der Waals surface area contributed by atoms with Crippen molar-refractivity contribution >= 4 is 17.6 Å². The predicted octanol–water partition coefficient (Wildman–Crippen LogP) is 4.39. The van der Waals surface area contributed by atoms with Gasteiger partial charge in [-0.15, -0.1) is 0 Å². The van der Waals surface area contributed by atoms with Crippen LogP contribution in [0.3, 0.4) is 0 Å². The molecule has 28 heavy (non-hydrogen) atoms. The molecular formula is C23H29ClN2O2. The second-order valence-corrected chi connectivity index (χ2v) is 7.59. The van der Waals surface area contributed by atoms with Crippen LogP contribution in [-0.2, 0) is 9.53 Å². The number of piperazine rings is 1. The summed E-state index contributed by atoms with van der Waals surface area (Å²) in [5.74, 6) is -0.0898. The average molecular weight is 401 g/mol. The maximum Gasteiger partial charge on any atom is 0.305 e. The highest BCUT2D eigenvalue weighted by Gasteiger charge is 2.26. The molecule has 0 N–H and O–H groups in total. The Morgan fingerprint density at radius 1 is 1.00 bits per heavy atom. The molecule has 1 atom stereocenters. The van der Waals surface area contributed by atoms with E-state index in [0.29, 0.717) is 13.0 Å². The van der Waals surface area contributed by atoms with Gasteiger partial charge in [-0.3, -0.25) is 9.69 Å². The highest BCUT2D eigenvalue weighted by atomic mass is 35.5. The monoisotopic (exact) mass is 400 g/mol. The normalized spacial score (nSPS) is 16.6. The highest BCUT2D eigenvalue weighted by Crippen LogP contribution is 2.30. The van der Waals surface area contributed by atoms with Crippen LogP contribution in [0.4, 0.5) is 0 Å². The fraction of sp³-hybridized carbons (Fsp3) is 0.435. The first-order valence-corrected chi connectivity index (χ1v) is 10.5. The van der Waals surface area contributed by atoms with Gasteiger partial charge < -0.3 is 9.64 Å². The molecule has 0 amide bonds. The molecule has 0 radical (unpaired) electrons. The van der Waals surface area contributed by atoms with Crippen LogP contribution in [0.25, 0.3) is 0 Å². The van der Waals surface area contributed by atoms with Gasteiger partial charge in [-0.25, -0.2) is 0 Å². The first-order chi connectivity index (χ1) is 13.7. The Morgan fingerprint density at radius 3 is 2.29 bits per heavy atom. The van der Waals surface area contributed by atoms with Crippen molar-refractivity contribution in [3.05, 3.63) is 70.7 Å². The van der Waals surface area contributed by atoms with Crippen LogP contribution in [0.2, 0.25) is 5.02 Å². The van der Waals surface area contributed by atoms with Gasteiger partial charge in [0.25, 0.3) is 0 Å². The van der Waals surface area contributed by atoms with Crippen molar-refractivity contribution in [2.75, 3.05) is 39.3 Å². The maximum atomic E-state index is 11.5. The third-order valence-electron chi connectivity index (χ3n) is 5.23. The third-order valence-corrected chi connectivity index (χ3v) is 5.49. The number of esters is 1. The van der Waals surface area contributed by atoms with Crippen molar-refractivity contribution < 1.29 is 9.53 Å². The van der Waals surface area contributed by atoms with E-state index in [1.54, 1.807) is 0 Å². The number of carbonyl (C=O) groups excluding carboxylic acids is 1. The molecule has 4 nitrogen and oxygen atoms in total. The Bertz CT molecular complexity index is 728. The number of rotatable bonds is 8. The summed E-state index contributed by atoms with van der Waals surface area (Å²) in [5.41, 5.74) is 2.58. The SMILES string of the molecule is CCOC(=O)CCCN1CCN(C(c2ccccc2)c2ccc(Cl)cc2)CC1. The van der Waals surface area contributed by atoms with Crippen LogP contribution in [-0.4, -0.2) is 55.1 Å². The molecule has 0 spiro atoms. The molecule has 2 aromatic rings. The largest absolute Gasteiger partial charge is 0.466 e. The summed E-state index contributed by atoms with van der Waals surface area (Å²) in [6, 6.07) is 19.1. The molecule has 1 heterocycles. The molecule has 0 bridgehead atoms. The molecular weight excluding hydrogens is 372 g/mol. The minimum atomic E-state index is -0.0898. The number of ether oxygens (including phenoxy) is 1. The molecule has 1 fully saturated rings. The fourth-order valence-corrected chi connectivity index (χ4v) is 3.95. The van der Waals surface area contributed by atoms with Crippen LogP contribution in [0.15, 0.2) is 54.6 Å². The quantitative estimate of drug-likeness (QED) is 0.615. The van der Waals surface area contributed by atoms with Gasteiger partial charge in [-0.05, 0) is 43.1 Å². The Kier molecular flexibility index (Phi) is 7.90. The van der Waals surface area contributed by atoms with Crippen molar-refractivity contribution in [2.24, 2.45) is 0 Å². The summed E-state index contributed by atoms with van der Waals surface area (Å²) >= 11 is 6.10. The fourth-order valence-electron chi connectivity index (χ4n) is 3.82. The van der Waals surface area contributed by atoms with Crippen molar-refractivity contribution in [3.63, 3.8) is 0 Å². The Morgan fingerprint density at radius 2 is 1.64 bits per heavy atom. The van der Waals surface area contributed by atoms with Crippen LogP contribution in [0.5, 0.6) is 0 Å². The van der Waals surface area contributed by atoms with Gasteiger partial charge in [0, 0.05) is 37.6 Å². The van der Waals surface area contributed by atoms with E-state index in [2.05, 4.69) is 52.3 Å². The second kappa shape index (κ2) is 10.6. The lowest BCUT2D eigenvalue weighted by molar-refractivity contribution is -0.143. The third kappa shape index (κ3) is 5.81. The topological polar surface area (TPSA) is 32.8 Å². The minimum Gasteiger partial charge on any atom is -0.466 e. The van der Waals surface area contributed by atoms with Crippen molar-refractivity contribution in [2.45, 2.75) is 25.8 Å². The van der Waals surface area contributed by atoms with Gasteiger partial charge in [0.2, 0.25) is 0 Å². The molecule has 3 rings (SSSR count). The number of benzene rings is 2. The number of hydrogen-bond donors (Lipinski definition) is 0. The van der Waals surface area contributed by atoms with E-state index < -0.39 is 0 Å². The lowest BCUT2D eigenvalue weighted by Crippen LogP contribution is -2.48. The lowest BCUT2D eigenvalue weighted by Gasteiger charge is -2.39. The first-order valence-electron chi connectivity index (χ1n) is 10.1. The molecule has 5 heteroatoms. The second-order valence-electron chi connectivity index (χ2n) is 7.15. The van der Waals surface area contributed by atoms with Crippen LogP contribution in [0.1, 0.15) is 36.9 Å². The van der Waals surface area contributed by atoms with E-state index in [9.17, 15) is 4.79 Å². The molecule has 1 saturated heterocycles. The number of hydrogen-bond acceptors (Lipinski definition) is 4. The highest BCUT2D eigenvalue weighted by molar-refractivity contribution is 6.30. The van der Waals surface area contributed by atoms with E-state index in [1.807, 2.05) is 19.1 Å². The van der Waals surface area contributed by atoms with Crippen LogP contribution in [0, 0.1) is 0 Å². The van der Waals surface area contributed by atoms with E-state index in [0.717, 1.165) is 44.2 Å². The van der Waals surface area contributed by atoms with Gasteiger partial charge in [0.15, 0.2) is 0 Å². The summed E-state index contributed by atoms with van der Waals surface area (Å²) in [5, 5.41) is 0.766. The van der Waals surface area contributed by atoms with E-state index in [1.165, 1.54) is 11.1 Å². The Hall–Kier alpha value is -1.88. The predicted molar refractivity (Wildman–Crippen MR) is 114 cm³/mol. The molecule has 0 aliphatic carbocycles. The standard InChI is InChI=1S/C23H29ClN2O2/c1-2-28-22(27)9-6-14-25-15-17-26(18-16-25)23(19-7-4-3-5-8-19)20-10-12-21(24)13-11-20/h3-5,7-8,10-13,23H,2,6,9,14-18H2,1H3. The molecule has 0 saturated carbocycles. The smallest absolute Gasteiger partial charge is 0.305 e. The van der Waals surface area contributed by atoms with E-state index >= 15 is 0 Å². The molecule has 1 unspecified atom stereocenters. The van der Waals surface area contributed by atoms with Gasteiger partial charge in [0.1, 0.15) is 0 Å². The average Bonchev–Trinajstić information content (AvgIpc) is 2.72. The van der Waals surface area contributed by atoms with E-state index in [4.69, 9.17) is 16.3 Å². The summed E-state index contributed by atoms with van der Waals surface area (Å²) in [7, 11) is 0. The van der Waals surface area contributed by atoms with Crippen LogP contribution >= 0.6 is 11.6 Å². The summed E-state index contributed by atoms with van der Waals surface area (Å²) in [4.78, 5) is 16.5. The zero-order valence-corrected chi connectivity index (χ0v) is 17.3. The molecule has 0 aromatic heterocycles. The van der Waals surface area contributed by atoms with Gasteiger partial charge >= 0.3 is 5.97 Å². The number of carbonyl (C=O) groups is 1. The molecule has 2 aromatic carbocycles. The van der Waals surface area contributed by atoms with Gasteiger partial charge in [0.05, 0.1) is 12.6 Å². The summed E-state index contributed by atoms with van der Waals surface area (Å²) < 4.78 is 5.01. The minimum absolute atomic E-state index is 0.0898. The lowest BCUT2D eigenvalue weighted by atomic mass is 9.96. The zero-order valence-electron chi connectivity index (χ0n) is 16.5. The summed E-state index contributed by atoms with van der Waals surface area (Å²) in [6.45, 7) is 7.29. The first kappa shape index (κ1) is 20.8. The summed E-state index contributed by atoms with van der Waals surface area (Å²) in [6.07, 6.45) is 1.36. The Labute approximate surface area is 173 Å². The van der Waals surface area contributed by atoms with Gasteiger partial charge in [-0.2, -0.15) is 0 Å². The van der Waals surface area contributed by atoms with Gasteiger partial charge in [-0.1, -0.05) is 54.1 Å². The van der Waals surface area contributed by atoms with Crippen LogP contribution < -0.4 is 0 Å². The zero-order chi connectivity index (χ0) is 19.8. The van der Waals surface area contributed by atoms with E-state index in [-0.39, 0.29) is 12.0 Å². The molecule has 1 aliphatic heterocycles. The number of nitrogens with zero attached hydrogens (tertiary/aromatic N) is 2. The van der Waals surface area contributed by atoms with Crippen molar-refractivity contribution in [1.82, 2.24) is 9.80 Å². The Balaban J connectivity index is 1.60. The maximum absolute atomic E-state index is 11.5.